The van der Waals surface area contributed by atoms with Gasteiger partial charge in [-0.25, -0.2) is 8.42 Å². The molecule has 1 fully saturated rings. The van der Waals surface area contributed by atoms with Crippen LogP contribution in [0.5, 0.6) is 0 Å². The second-order valence-corrected chi connectivity index (χ2v) is 10.7. The molecule has 0 aliphatic carbocycles. The van der Waals surface area contributed by atoms with E-state index in [0.29, 0.717) is 6.54 Å². The molecule has 1 N–H and O–H groups in total. The number of amides is 1. The zero-order valence-electron chi connectivity index (χ0n) is 18.2. The number of likely N-dealkylation sites (N-methyl/N-ethyl adjacent to an activating group) is 1. The number of thioether (sulfide) groups is 1. The molecule has 6 nitrogen and oxygen atoms in total. The Morgan fingerprint density at radius 3 is 2.32 bits per heavy atom. The van der Waals surface area contributed by atoms with Crippen LogP contribution in [0.2, 0.25) is 0 Å². The van der Waals surface area contributed by atoms with E-state index in [1.54, 1.807) is 36.0 Å². The molecule has 2 aromatic carbocycles. The summed E-state index contributed by atoms with van der Waals surface area (Å²) in [6.07, 6.45) is 5.70. The number of nitrogens with zero attached hydrogens (tertiary/aromatic N) is 2. The van der Waals surface area contributed by atoms with Gasteiger partial charge >= 0.3 is 0 Å². The summed E-state index contributed by atoms with van der Waals surface area (Å²) in [7, 11) is -2.28. The molecule has 1 amide bonds. The SMILES string of the molecule is CSc1ccc(S(=O)(=O)N(C)CC(=O)NCc2ccccc2CN2CCCCC2)cc1. The molecule has 0 atom stereocenters. The maximum Gasteiger partial charge on any atom is 0.243 e. The Labute approximate surface area is 190 Å². The van der Waals surface area contributed by atoms with Crippen LogP contribution in [0.25, 0.3) is 0 Å². The third-order valence-electron chi connectivity index (χ3n) is 5.57. The normalized spacial score (nSPS) is 15.2. The molecule has 8 heteroatoms. The van der Waals surface area contributed by atoms with E-state index >= 15 is 0 Å². The summed E-state index contributed by atoms with van der Waals surface area (Å²) in [5, 5.41) is 2.88. The topological polar surface area (TPSA) is 69.7 Å². The Kier molecular flexibility index (Phi) is 8.54. The molecule has 1 aliphatic heterocycles. The van der Waals surface area contributed by atoms with Gasteiger partial charge in [-0.3, -0.25) is 9.69 Å². The smallest absolute Gasteiger partial charge is 0.243 e. The van der Waals surface area contributed by atoms with Crippen molar-refractivity contribution in [1.82, 2.24) is 14.5 Å². The molecule has 1 saturated heterocycles. The fraction of sp³-hybridized carbons (Fsp3) is 0.435. The molecular weight excluding hydrogens is 430 g/mol. The molecule has 1 aliphatic rings. The molecule has 31 heavy (non-hydrogen) atoms. The van der Waals surface area contributed by atoms with Crippen molar-refractivity contribution < 1.29 is 13.2 Å². The maximum absolute atomic E-state index is 12.8. The van der Waals surface area contributed by atoms with Crippen LogP contribution in [0.3, 0.4) is 0 Å². The number of carbonyl (C=O) groups excluding carboxylic acids is 1. The standard InChI is InChI=1S/C23H31N3O3S2/c1-25(31(28,29)22-12-10-21(30-2)11-13-22)18-23(27)24-16-19-8-4-5-9-20(19)17-26-14-6-3-7-15-26/h4-5,8-13H,3,6-7,14-18H2,1-2H3,(H,24,27). The van der Waals surface area contributed by atoms with Crippen LogP contribution in [0.4, 0.5) is 0 Å². The lowest BCUT2D eigenvalue weighted by molar-refractivity contribution is -0.121. The summed E-state index contributed by atoms with van der Waals surface area (Å²) < 4.78 is 26.6. The van der Waals surface area contributed by atoms with E-state index in [9.17, 15) is 13.2 Å². The molecular formula is C23H31N3O3S2. The number of hydrogen-bond donors (Lipinski definition) is 1. The largest absolute Gasteiger partial charge is 0.351 e. The van der Waals surface area contributed by atoms with Crippen molar-refractivity contribution in [2.45, 2.75) is 42.1 Å². The lowest BCUT2D eigenvalue weighted by atomic mass is 10.0. The first kappa shape index (κ1) is 23.8. The van der Waals surface area contributed by atoms with E-state index in [1.807, 2.05) is 24.5 Å². The van der Waals surface area contributed by atoms with Gasteiger partial charge in [0, 0.05) is 25.0 Å². The van der Waals surface area contributed by atoms with Crippen molar-refractivity contribution in [3.63, 3.8) is 0 Å². The molecule has 0 spiro atoms. The summed E-state index contributed by atoms with van der Waals surface area (Å²) in [5.74, 6) is -0.320. The minimum absolute atomic E-state index is 0.187. The maximum atomic E-state index is 12.8. The van der Waals surface area contributed by atoms with Crippen LogP contribution in [0.1, 0.15) is 30.4 Å². The fourth-order valence-electron chi connectivity index (χ4n) is 3.71. The number of nitrogens with one attached hydrogen (secondary N) is 1. The van der Waals surface area contributed by atoms with Crippen LogP contribution in [-0.2, 0) is 27.9 Å². The van der Waals surface area contributed by atoms with Crippen molar-refractivity contribution in [1.29, 1.82) is 0 Å². The molecule has 0 radical (unpaired) electrons. The summed E-state index contributed by atoms with van der Waals surface area (Å²) >= 11 is 1.55. The van der Waals surface area contributed by atoms with E-state index < -0.39 is 10.0 Å². The fourth-order valence-corrected chi connectivity index (χ4v) is 5.24. The summed E-state index contributed by atoms with van der Waals surface area (Å²) in [5.41, 5.74) is 2.28. The van der Waals surface area contributed by atoms with E-state index in [2.05, 4.69) is 16.3 Å². The highest BCUT2D eigenvalue weighted by molar-refractivity contribution is 7.98. The van der Waals surface area contributed by atoms with Gasteiger partial charge in [0.25, 0.3) is 0 Å². The predicted molar refractivity (Wildman–Crippen MR) is 125 cm³/mol. The van der Waals surface area contributed by atoms with Gasteiger partial charge in [-0.15, -0.1) is 11.8 Å². The monoisotopic (exact) mass is 461 g/mol. The number of likely N-dealkylation sites (tertiary alicyclic amines) is 1. The van der Waals surface area contributed by atoms with Gasteiger partial charge in [-0.1, -0.05) is 30.7 Å². The Bertz CT molecular complexity index is 972. The number of piperidine rings is 1. The molecule has 0 bridgehead atoms. The highest BCUT2D eigenvalue weighted by Gasteiger charge is 2.23. The third-order valence-corrected chi connectivity index (χ3v) is 8.13. The third kappa shape index (κ3) is 6.55. The van der Waals surface area contributed by atoms with E-state index in [-0.39, 0.29) is 17.3 Å². The average Bonchev–Trinajstić information content (AvgIpc) is 2.79. The molecule has 0 unspecified atom stereocenters. The zero-order valence-corrected chi connectivity index (χ0v) is 19.8. The number of benzene rings is 2. The molecule has 2 aromatic rings. The van der Waals surface area contributed by atoms with E-state index in [0.717, 1.165) is 34.4 Å². The quantitative estimate of drug-likeness (QED) is 0.580. The second-order valence-electron chi connectivity index (χ2n) is 7.82. The van der Waals surface area contributed by atoms with Crippen molar-refractivity contribution in [3.8, 4) is 0 Å². The second kappa shape index (κ2) is 11.1. The lowest BCUT2D eigenvalue weighted by Crippen LogP contribution is -2.38. The molecule has 1 heterocycles. The summed E-state index contributed by atoms with van der Waals surface area (Å²) in [6.45, 7) is 3.27. The van der Waals surface area contributed by atoms with Crippen LogP contribution >= 0.6 is 11.8 Å². The van der Waals surface area contributed by atoms with Gasteiger partial charge in [0.15, 0.2) is 0 Å². The Morgan fingerprint density at radius 1 is 1.03 bits per heavy atom. The van der Waals surface area contributed by atoms with Crippen molar-refractivity contribution in [3.05, 3.63) is 59.7 Å². The summed E-state index contributed by atoms with van der Waals surface area (Å²) in [4.78, 5) is 16.1. The highest BCUT2D eigenvalue weighted by atomic mass is 32.2. The number of sulfonamides is 1. The van der Waals surface area contributed by atoms with Crippen LogP contribution < -0.4 is 5.32 Å². The lowest BCUT2D eigenvalue weighted by Gasteiger charge is -2.27. The van der Waals surface area contributed by atoms with E-state index in [4.69, 9.17) is 0 Å². The highest BCUT2D eigenvalue weighted by Crippen LogP contribution is 2.20. The number of hydrogen-bond acceptors (Lipinski definition) is 5. The minimum Gasteiger partial charge on any atom is -0.351 e. The number of rotatable bonds is 9. The minimum atomic E-state index is -3.71. The van der Waals surface area contributed by atoms with E-state index in [1.165, 1.54) is 31.9 Å². The van der Waals surface area contributed by atoms with Gasteiger partial charge < -0.3 is 5.32 Å². The molecule has 3 rings (SSSR count). The Morgan fingerprint density at radius 2 is 1.68 bits per heavy atom. The predicted octanol–water partition coefficient (Wildman–Crippen LogP) is 3.33. The van der Waals surface area contributed by atoms with Gasteiger partial charge in [0.1, 0.15) is 0 Å². The first-order chi connectivity index (χ1) is 14.9. The average molecular weight is 462 g/mol. The summed E-state index contributed by atoms with van der Waals surface area (Å²) in [6, 6.07) is 14.8. The number of carbonyl (C=O) groups is 1. The molecule has 168 valence electrons. The van der Waals surface area contributed by atoms with Gasteiger partial charge in [0.2, 0.25) is 15.9 Å². The van der Waals surface area contributed by atoms with Gasteiger partial charge in [-0.05, 0) is 67.6 Å². The zero-order chi connectivity index (χ0) is 22.3. The molecule has 0 saturated carbocycles. The van der Waals surface area contributed by atoms with Crippen molar-refractivity contribution in [2.75, 3.05) is 32.9 Å². The first-order valence-electron chi connectivity index (χ1n) is 10.6. The van der Waals surface area contributed by atoms with Gasteiger partial charge in [0.05, 0.1) is 11.4 Å². The van der Waals surface area contributed by atoms with Crippen LogP contribution in [-0.4, -0.2) is 56.5 Å². The first-order valence-corrected chi connectivity index (χ1v) is 13.2. The Balaban J connectivity index is 1.57. The van der Waals surface area contributed by atoms with Gasteiger partial charge in [-0.2, -0.15) is 4.31 Å². The molecule has 0 aromatic heterocycles. The van der Waals surface area contributed by atoms with Crippen molar-refractivity contribution in [2.24, 2.45) is 0 Å². The Hall–Kier alpha value is -1.87. The van der Waals surface area contributed by atoms with Crippen molar-refractivity contribution >= 4 is 27.7 Å². The van der Waals surface area contributed by atoms with Crippen LogP contribution in [0.15, 0.2) is 58.3 Å². The van der Waals surface area contributed by atoms with Crippen LogP contribution in [0, 0.1) is 0 Å².